The second-order valence-electron chi connectivity index (χ2n) is 5.09. The van der Waals surface area contributed by atoms with E-state index >= 15 is 0 Å². The van der Waals surface area contributed by atoms with Crippen LogP contribution in [0.1, 0.15) is 11.5 Å². The van der Waals surface area contributed by atoms with Gasteiger partial charge in [0.2, 0.25) is 11.7 Å². The molecule has 7 heteroatoms. The molecule has 3 aromatic rings. The van der Waals surface area contributed by atoms with Gasteiger partial charge in [-0.1, -0.05) is 50.9 Å². The molecular formula is C16H13BrN2O3S. The summed E-state index contributed by atoms with van der Waals surface area (Å²) < 4.78 is 30.7. The molecule has 118 valence electrons. The van der Waals surface area contributed by atoms with Crippen LogP contribution in [-0.4, -0.2) is 18.6 Å². The molecule has 1 aromatic heterocycles. The summed E-state index contributed by atoms with van der Waals surface area (Å²) in [5, 5.41) is 3.85. The van der Waals surface area contributed by atoms with Gasteiger partial charge in [0.25, 0.3) is 0 Å². The van der Waals surface area contributed by atoms with Crippen LogP contribution in [-0.2, 0) is 15.6 Å². The Balaban J connectivity index is 1.85. The van der Waals surface area contributed by atoms with Crippen LogP contribution >= 0.6 is 15.9 Å². The van der Waals surface area contributed by atoms with Crippen LogP contribution in [0.2, 0.25) is 0 Å². The molecule has 5 nitrogen and oxygen atoms in total. The van der Waals surface area contributed by atoms with Crippen LogP contribution < -0.4 is 0 Å². The molecule has 0 fully saturated rings. The van der Waals surface area contributed by atoms with Gasteiger partial charge in [-0.15, -0.1) is 0 Å². The van der Waals surface area contributed by atoms with Gasteiger partial charge in [-0.05, 0) is 31.2 Å². The Bertz CT molecular complexity index is 934. The van der Waals surface area contributed by atoms with Gasteiger partial charge in [0.1, 0.15) is 5.75 Å². The van der Waals surface area contributed by atoms with Crippen molar-refractivity contribution in [2.75, 3.05) is 0 Å². The topological polar surface area (TPSA) is 73.1 Å². The number of nitrogens with zero attached hydrogens (tertiary/aromatic N) is 2. The largest absolute Gasteiger partial charge is 0.338 e. The maximum atomic E-state index is 12.4. The summed E-state index contributed by atoms with van der Waals surface area (Å²) in [6, 6.07) is 14.1. The third-order valence-corrected chi connectivity index (χ3v) is 5.36. The minimum absolute atomic E-state index is 0.0700. The zero-order valence-corrected chi connectivity index (χ0v) is 14.6. The fraction of sp³-hybridized carbons (Fsp3) is 0.125. The average Bonchev–Trinajstić information content (AvgIpc) is 2.95. The van der Waals surface area contributed by atoms with E-state index in [1.54, 1.807) is 24.3 Å². The molecular weight excluding hydrogens is 380 g/mol. The van der Waals surface area contributed by atoms with E-state index in [9.17, 15) is 8.42 Å². The van der Waals surface area contributed by atoms with Crippen LogP contribution in [0.5, 0.6) is 0 Å². The van der Waals surface area contributed by atoms with Gasteiger partial charge in [-0.25, -0.2) is 8.42 Å². The van der Waals surface area contributed by atoms with Crippen LogP contribution in [0, 0.1) is 6.92 Å². The zero-order chi connectivity index (χ0) is 16.4. The highest BCUT2D eigenvalue weighted by molar-refractivity contribution is 9.10. The first-order valence-electron chi connectivity index (χ1n) is 6.82. The summed E-state index contributed by atoms with van der Waals surface area (Å²) in [7, 11) is -3.51. The van der Waals surface area contributed by atoms with Gasteiger partial charge in [0, 0.05) is 10.0 Å². The minimum atomic E-state index is -3.51. The monoisotopic (exact) mass is 392 g/mol. The van der Waals surface area contributed by atoms with Gasteiger partial charge >= 0.3 is 0 Å². The summed E-state index contributed by atoms with van der Waals surface area (Å²) >= 11 is 3.37. The first-order chi connectivity index (χ1) is 10.9. The molecule has 0 atom stereocenters. The number of aromatic nitrogens is 2. The number of rotatable bonds is 4. The molecule has 0 saturated carbocycles. The predicted octanol–water partition coefficient (Wildman–Crippen LogP) is 3.78. The van der Waals surface area contributed by atoms with Crippen molar-refractivity contribution in [3.8, 4) is 11.4 Å². The summed E-state index contributed by atoms with van der Waals surface area (Å²) in [5.74, 6) is 0.109. The van der Waals surface area contributed by atoms with E-state index in [1.807, 2.05) is 31.2 Å². The van der Waals surface area contributed by atoms with E-state index in [4.69, 9.17) is 4.52 Å². The van der Waals surface area contributed by atoms with Crippen LogP contribution in [0.3, 0.4) is 0 Å². The first kappa shape index (κ1) is 15.9. The van der Waals surface area contributed by atoms with E-state index < -0.39 is 9.84 Å². The molecule has 0 N–H and O–H groups in total. The molecule has 0 aliphatic carbocycles. The lowest BCUT2D eigenvalue weighted by atomic mass is 10.2. The highest BCUT2D eigenvalue weighted by atomic mass is 79.9. The quantitative estimate of drug-likeness (QED) is 0.675. The molecule has 3 rings (SSSR count). The van der Waals surface area contributed by atoms with Gasteiger partial charge in [-0.3, -0.25) is 0 Å². The van der Waals surface area contributed by atoms with E-state index in [2.05, 4.69) is 26.1 Å². The van der Waals surface area contributed by atoms with E-state index in [0.717, 1.165) is 15.6 Å². The molecule has 2 aromatic carbocycles. The molecule has 0 amide bonds. The van der Waals surface area contributed by atoms with Crippen LogP contribution in [0.25, 0.3) is 11.4 Å². The summed E-state index contributed by atoms with van der Waals surface area (Å²) in [5.41, 5.74) is 1.75. The standard InChI is InChI=1S/C16H13BrN2O3S/c1-11-5-7-14(8-6-11)23(20,21)10-15-18-16(19-22-15)12-3-2-4-13(17)9-12/h2-9H,10H2,1H3. The minimum Gasteiger partial charge on any atom is -0.338 e. The highest BCUT2D eigenvalue weighted by Gasteiger charge is 2.20. The fourth-order valence-corrected chi connectivity index (χ4v) is 3.61. The highest BCUT2D eigenvalue weighted by Crippen LogP contribution is 2.22. The van der Waals surface area contributed by atoms with Crippen LogP contribution in [0.15, 0.2) is 62.4 Å². The Morgan fingerprint density at radius 2 is 1.87 bits per heavy atom. The van der Waals surface area contributed by atoms with Gasteiger partial charge in [0.05, 0.1) is 4.90 Å². The Kier molecular flexibility index (Phi) is 4.32. The smallest absolute Gasteiger partial charge is 0.242 e. The number of sulfone groups is 1. The van der Waals surface area contributed by atoms with E-state index in [-0.39, 0.29) is 16.5 Å². The fourth-order valence-electron chi connectivity index (χ4n) is 2.05. The maximum Gasteiger partial charge on any atom is 0.242 e. The normalized spacial score (nSPS) is 11.6. The number of aryl methyl sites for hydroxylation is 1. The zero-order valence-electron chi connectivity index (χ0n) is 12.2. The number of benzene rings is 2. The Hall–Kier alpha value is -1.99. The Morgan fingerprint density at radius 3 is 2.57 bits per heavy atom. The molecule has 0 spiro atoms. The third kappa shape index (κ3) is 3.68. The second kappa shape index (κ2) is 6.25. The summed E-state index contributed by atoms with van der Waals surface area (Å²) in [6.07, 6.45) is 0. The number of hydrogen-bond acceptors (Lipinski definition) is 5. The summed E-state index contributed by atoms with van der Waals surface area (Å²) in [6.45, 7) is 1.90. The SMILES string of the molecule is Cc1ccc(S(=O)(=O)Cc2nc(-c3cccc(Br)c3)no2)cc1. The molecule has 0 saturated heterocycles. The molecule has 1 heterocycles. The van der Waals surface area contributed by atoms with E-state index in [0.29, 0.717) is 5.82 Å². The van der Waals surface area contributed by atoms with Crippen molar-refractivity contribution < 1.29 is 12.9 Å². The molecule has 0 aliphatic heterocycles. The Labute approximate surface area is 142 Å². The summed E-state index contributed by atoms with van der Waals surface area (Å²) in [4.78, 5) is 4.41. The number of hydrogen-bond donors (Lipinski definition) is 0. The molecule has 0 unspecified atom stereocenters. The second-order valence-corrected chi connectivity index (χ2v) is 8.00. The van der Waals surface area contributed by atoms with Crippen molar-refractivity contribution in [1.29, 1.82) is 0 Å². The lowest BCUT2D eigenvalue weighted by Gasteiger charge is -2.01. The van der Waals surface area contributed by atoms with Crippen molar-refractivity contribution in [3.63, 3.8) is 0 Å². The van der Waals surface area contributed by atoms with Crippen molar-refractivity contribution in [3.05, 3.63) is 64.5 Å². The van der Waals surface area contributed by atoms with Crippen molar-refractivity contribution >= 4 is 25.8 Å². The van der Waals surface area contributed by atoms with Gasteiger partial charge in [0.15, 0.2) is 9.84 Å². The van der Waals surface area contributed by atoms with Crippen molar-refractivity contribution in [2.45, 2.75) is 17.6 Å². The molecule has 0 radical (unpaired) electrons. The van der Waals surface area contributed by atoms with Crippen LogP contribution in [0.4, 0.5) is 0 Å². The molecule has 23 heavy (non-hydrogen) atoms. The first-order valence-corrected chi connectivity index (χ1v) is 9.26. The van der Waals surface area contributed by atoms with Gasteiger partial charge < -0.3 is 4.52 Å². The van der Waals surface area contributed by atoms with Crippen molar-refractivity contribution in [2.24, 2.45) is 0 Å². The predicted molar refractivity (Wildman–Crippen MR) is 89.5 cm³/mol. The maximum absolute atomic E-state index is 12.4. The lowest BCUT2D eigenvalue weighted by molar-refractivity contribution is 0.389. The number of halogens is 1. The van der Waals surface area contributed by atoms with Crippen molar-refractivity contribution in [1.82, 2.24) is 10.1 Å². The lowest BCUT2D eigenvalue weighted by Crippen LogP contribution is -2.05. The van der Waals surface area contributed by atoms with Gasteiger partial charge in [-0.2, -0.15) is 4.98 Å². The molecule has 0 aliphatic rings. The Morgan fingerprint density at radius 1 is 1.13 bits per heavy atom. The molecule has 0 bridgehead atoms. The average molecular weight is 393 g/mol. The van der Waals surface area contributed by atoms with E-state index in [1.165, 1.54) is 0 Å². The third-order valence-electron chi connectivity index (χ3n) is 3.24.